The van der Waals surface area contributed by atoms with E-state index in [4.69, 9.17) is 4.52 Å². The Hall–Kier alpha value is -3.48. The standard InChI is InChI=1S/C18H15F3N6O/c1-10(2)14(17-26-16(27-28-17)11-5-7-23-8-6-11)25-15-12(9-22)3-4-13(24-15)18(19,20)21/h3-8,10,14H,1-2H3,(H,24,25). The van der Waals surface area contributed by atoms with E-state index in [2.05, 4.69) is 25.4 Å². The average Bonchev–Trinajstić information content (AvgIpc) is 3.15. The summed E-state index contributed by atoms with van der Waals surface area (Å²) >= 11 is 0. The number of rotatable bonds is 5. The summed E-state index contributed by atoms with van der Waals surface area (Å²) in [5, 5.41) is 16.0. The average molecular weight is 388 g/mol. The number of hydrogen-bond acceptors (Lipinski definition) is 7. The minimum absolute atomic E-state index is 0.0208. The van der Waals surface area contributed by atoms with Gasteiger partial charge < -0.3 is 9.84 Å². The van der Waals surface area contributed by atoms with Crippen LogP contribution in [0.5, 0.6) is 0 Å². The van der Waals surface area contributed by atoms with Crippen LogP contribution in [-0.4, -0.2) is 20.1 Å². The van der Waals surface area contributed by atoms with Crippen LogP contribution >= 0.6 is 0 Å². The Labute approximate surface area is 158 Å². The summed E-state index contributed by atoms with van der Waals surface area (Å²) in [5.41, 5.74) is -0.436. The Balaban J connectivity index is 1.95. The van der Waals surface area contributed by atoms with Crippen LogP contribution in [0.4, 0.5) is 19.0 Å². The Kier molecular flexibility index (Phi) is 5.26. The van der Waals surface area contributed by atoms with Crippen molar-refractivity contribution in [1.29, 1.82) is 5.26 Å². The number of halogens is 3. The lowest BCUT2D eigenvalue weighted by Crippen LogP contribution is -2.20. The summed E-state index contributed by atoms with van der Waals surface area (Å²) in [7, 11) is 0. The van der Waals surface area contributed by atoms with Gasteiger partial charge in [0.05, 0.1) is 5.56 Å². The van der Waals surface area contributed by atoms with E-state index >= 15 is 0 Å². The molecule has 1 atom stereocenters. The number of nitrogens with zero attached hydrogens (tertiary/aromatic N) is 5. The lowest BCUT2D eigenvalue weighted by Gasteiger charge is -2.20. The van der Waals surface area contributed by atoms with Crippen molar-refractivity contribution in [2.45, 2.75) is 26.1 Å². The van der Waals surface area contributed by atoms with Crippen molar-refractivity contribution in [2.75, 3.05) is 5.32 Å². The van der Waals surface area contributed by atoms with Crippen LogP contribution in [-0.2, 0) is 6.18 Å². The van der Waals surface area contributed by atoms with Crippen molar-refractivity contribution in [1.82, 2.24) is 20.1 Å². The van der Waals surface area contributed by atoms with Crippen LogP contribution in [0.2, 0.25) is 0 Å². The molecule has 0 radical (unpaired) electrons. The van der Waals surface area contributed by atoms with Gasteiger partial charge in [-0.05, 0) is 30.2 Å². The Morgan fingerprint density at radius 2 is 1.82 bits per heavy atom. The van der Waals surface area contributed by atoms with E-state index in [1.807, 2.05) is 19.9 Å². The third kappa shape index (κ3) is 4.09. The van der Waals surface area contributed by atoms with Gasteiger partial charge in [0.2, 0.25) is 11.7 Å². The largest absolute Gasteiger partial charge is 0.433 e. The number of nitriles is 1. The third-order valence-electron chi connectivity index (χ3n) is 3.91. The van der Waals surface area contributed by atoms with Crippen molar-refractivity contribution in [3.8, 4) is 17.5 Å². The van der Waals surface area contributed by atoms with Gasteiger partial charge in [0, 0.05) is 18.0 Å². The van der Waals surface area contributed by atoms with Crippen molar-refractivity contribution in [3.63, 3.8) is 0 Å². The van der Waals surface area contributed by atoms with E-state index in [9.17, 15) is 18.4 Å². The molecule has 3 aromatic heterocycles. The maximum absolute atomic E-state index is 13.0. The minimum Gasteiger partial charge on any atom is -0.357 e. The second-order valence-electron chi connectivity index (χ2n) is 6.26. The van der Waals surface area contributed by atoms with E-state index < -0.39 is 17.9 Å². The van der Waals surface area contributed by atoms with E-state index in [1.165, 1.54) is 0 Å². The van der Waals surface area contributed by atoms with E-state index in [-0.39, 0.29) is 23.2 Å². The molecule has 1 N–H and O–H groups in total. The highest BCUT2D eigenvalue weighted by Crippen LogP contribution is 2.32. The third-order valence-corrected chi connectivity index (χ3v) is 3.91. The Bertz CT molecular complexity index is 995. The molecule has 1 unspecified atom stereocenters. The highest BCUT2D eigenvalue weighted by Gasteiger charge is 2.34. The molecule has 28 heavy (non-hydrogen) atoms. The molecule has 0 fully saturated rings. The molecule has 3 rings (SSSR count). The van der Waals surface area contributed by atoms with Gasteiger partial charge in [-0.25, -0.2) is 4.98 Å². The lowest BCUT2D eigenvalue weighted by molar-refractivity contribution is -0.141. The van der Waals surface area contributed by atoms with Crippen LogP contribution in [0, 0.1) is 17.2 Å². The molecule has 10 heteroatoms. The van der Waals surface area contributed by atoms with Gasteiger partial charge in [-0.2, -0.15) is 23.4 Å². The summed E-state index contributed by atoms with van der Waals surface area (Å²) < 4.78 is 44.3. The first-order chi connectivity index (χ1) is 13.3. The maximum Gasteiger partial charge on any atom is 0.433 e. The first-order valence-corrected chi connectivity index (χ1v) is 8.28. The molecule has 144 valence electrons. The van der Waals surface area contributed by atoms with Gasteiger partial charge in [-0.1, -0.05) is 19.0 Å². The highest BCUT2D eigenvalue weighted by molar-refractivity contribution is 5.55. The van der Waals surface area contributed by atoms with Crippen molar-refractivity contribution in [2.24, 2.45) is 5.92 Å². The van der Waals surface area contributed by atoms with Crippen molar-refractivity contribution < 1.29 is 17.7 Å². The topological polar surface area (TPSA) is 101 Å². The van der Waals surface area contributed by atoms with Gasteiger partial charge in [-0.15, -0.1) is 0 Å². The zero-order valence-corrected chi connectivity index (χ0v) is 14.9. The fourth-order valence-electron chi connectivity index (χ4n) is 2.46. The van der Waals surface area contributed by atoms with Gasteiger partial charge in [0.1, 0.15) is 23.6 Å². The molecular weight excluding hydrogens is 373 g/mol. The molecule has 0 saturated carbocycles. The molecule has 3 aromatic rings. The zero-order valence-electron chi connectivity index (χ0n) is 14.9. The molecule has 7 nitrogen and oxygen atoms in total. The van der Waals surface area contributed by atoms with Crippen LogP contribution in [0.3, 0.4) is 0 Å². The highest BCUT2D eigenvalue weighted by atomic mass is 19.4. The van der Waals surface area contributed by atoms with Crippen LogP contribution in [0.1, 0.15) is 37.0 Å². The summed E-state index contributed by atoms with van der Waals surface area (Å²) in [5.74, 6) is 0.153. The summed E-state index contributed by atoms with van der Waals surface area (Å²) in [4.78, 5) is 11.8. The normalized spacial score (nSPS) is 12.6. The number of pyridine rings is 2. The van der Waals surface area contributed by atoms with Crippen LogP contribution < -0.4 is 5.32 Å². The number of alkyl halides is 3. The maximum atomic E-state index is 13.0. The first kappa shape index (κ1) is 19.3. The fourth-order valence-corrected chi connectivity index (χ4v) is 2.46. The molecule has 3 heterocycles. The smallest absolute Gasteiger partial charge is 0.357 e. The fraction of sp³-hybridized carbons (Fsp3) is 0.278. The van der Waals surface area contributed by atoms with Crippen molar-refractivity contribution in [3.05, 3.63) is 53.8 Å². The van der Waals surface area contributed by atoms with Gasteiger partial charge in [-0.3, -0.25) is 4.98 Å². The van der Waals surface area contributed by atoms with E-state index in [1.54, 1.807) is 24.5 Å². The number of anilines is 1. The molecule has 0 aliphatic rings. The summed E-state index contributed by atoms with van der Waals surface area (Å²) in [6.07, 6.45) is -1.47. The SMILES string of the molecule is CC(C)C(Nc1nc(C(F)(F)F)ccc1C#N)c1nc(-c2ccncc2)no1. The molecular formula is C18H15F3N6O. The van der Waals surface area contributed by atoms with E-state index in [0.29, 0.717) is 11.4 Å². The predicted octanol–water partition coefficient (Wildman–Crippen LogP) is 4.23. The second kappa shape index (κ2) is 7.64. The molecule has 0 amide bonds. The lowest BCUT2D eigenvalue weighted by atomic mass is 10.0. The molecule has 0 spiro atoms. The minimum atomic E-state index is -4.63. The van der Waals surface area contributed by atoms with Crippen molar-refractivity contribution >= 4 is 5.82 Å². The molecule has 0 bridgehead atoms. The van der Waals surface area contributed by atoms with Crippen LogP contribution in [0.15, 0.2) is 41.2 Å². The number of aromatic nitrogens is 4. The Morgan fingerprint density at radius 3 is 2.43 bits per heavy atom. The first-order valence-electron chi connectivity index (χ1n) is 8.28. The molecule has 0 aromatic carbocycles. The number of nitrogens with one attached hydrogen (secondary N) is 1. The zero-order chi connectivity index (χ0) is 20.3. The molecule has 0 aliphatic carbocycles. The Morgan fingerprint density at radius 1 is 1.11 bits per heavy atom. The van der Waals surface area contributed by atoms with Gasteiger partial charge >= 0.3 is 6.18 Å². The predicted molar refractivity (Wildman–Crippen MR) is 92.7 cm³/mol. The van der Waals surface area contributed by atoms with Gasteiger partial charge in [0.25, 0.3) is 0 Å². The summed E-state index contributed by atoms with van der Waals surface area (Å²) in [6.45, 7) is 3.65. The second-order valence-corrected chi connectivity index (χ2v) is 6.26. The molecule has 0 aliphatic heterocycles. The van der Waals surface area contributed by atoms with Gasteiger partial charge in [0.15, 0.2) is 0 Å². The van der Waals surface area contributed by atoms with Crippen LogP contribution in [0.25, 0.3) is 11.4 Å². The summed E-state index contributed by atoms with van der Waals surface area (Å²) in [6, 6.07) is 6.44. The van der Waals surface area contributed by atoms with E-state index in [0.717, 1.165) is 12.1 Å². The monoisotopic (exact) mass is 388 g/mol. The molecule has 0 saturated heterocycles. The quantitative estimate of drug-likeness (QED) is 0.698. The number of hydrogen-bond donors (Lipinski definition) is 1.